The van der Waals surface area contributed by atoms with Gasteiger partial charge in [-0.15, -0.1) is 0 Å². The van der Waals surface area contributed by atoms with Gasteiger partial charge in [0.1, 0.15) is 5.82 Å². The maximum absolute atomic E-state index is 13.0. The van der Waals surface area contributed by atoms with Crippen LogP contribution in [0.15, 0.2) is 16.6 Å². The zero-order chi connectivity index (χ0) is 10.0. The van der Waals surface area contributed by atoms with Gasteiger partial charge in [0.25, 0.3) is 0 Å². The van der Waals surface area contributed by atoms with Crippen LogP contribution in [0.5, 0.6) is 0 Å². The average Bonchev–Trinajstić information content (AvgIpc) is 2.13. The highest BCUT2D eigenvalue weighted by Crippen LogP contribution is 2.27. The second kappa shape index (κ2) is 3.89. The molecule has 0 heterocycles. The smallest absolute Gasteiger partial charge is 0.137 e. The summed E-state index contributed by atoms with van der Waals surface area (Å²) in [4.78, 5) is 0. The molecule has 0 bridgehead atoms. The van der Waals surface area contributed by atoms with Crippen molar-refractivity contribution in [2.75, 3.05) is 0 Å². The molecule has 0 saturated heterocycles. The fourth-order valence-electron chi connectivity index (χ4n) is 1.21. The first-order chi connectivity index (χ1) is 6.07. The van der Waals surface area contributed by atoms with Gasteiger partial charge in [-0.1, -0.05) is 6.07 Å². The van der Waals surface area contributed by atoms with Crippen LogP contribution in [0, 0.1) is 24.1 Å². The molecule has 3 heteroatoms. The van der Waals surface area contributed by atoms with Crippen LogP contribution in [0.25, 0.3) is 0 Å². The van der Waals surface area contributed by atoms with E-state index >= 15 is 0 Å². The molecule has 0 fully saturated rings. The van der Waals surface area contributed by atoms with Crippen molar-refractivity contribution in [2.24, 2.45) is 0 Å². The van der Waals surface area contributed by atoms with Crippen LogP contribution in [0.2, 0.25) is 0 Å². The van der Waals surface area contributed by atoms with Gasteiger partial charge >= 0.3 is 0 Å². The van der Waals surface area contributed by atoms with E-state index in [1.165, 1.54) is 6.07 Å². The zero-order valence-corrected chi connectivity index (χ0v) is 9.02. The Balaban J connectivity index is 3.28. The Bertz CT molecular complexity index is 368. The number of nitriles is 1. The maximum Gasteiger partial charge on any atom is 0.137 e. The highest BCUT2D eigenvalue weighted by molar-refractivity contribution is 9.10. The first-order valence-corrected chi connectivity index (χ1v) is 4.71. The van der Waals surface area contributed by atoms with Crippen LogP contribution < -0.4 is 0 Å². The number of benzene rings is 1. The van der Waals surface area contributed by atoms with Crippen LogP contribution >= 0.6 is 15.9 Å². The summed E-state index contributed by atoms with van der Waals surface area (Å²) in [5, 5.41) is 8.71. The second-order valence-electron chi connectivity index (χ2n) is 2.93. The molecule has 0 aliphatic carbocycles. The molecule has 0 N–H and O–H groups in total. The summed E-state index contributed by atoms with van der Waals surface area (Å²) in [7, 11) is 0. The molecule has 1 unspecified atom stereocenters. The fraction of sp³-hybridized carbons (Fsp3) is 0.300. The lowest BCUT2D eigenvalue weighted by atomic mass is 9.98. The first kappa shape index (κ1) is 10.2. The molecular weight excluding hydrogens is 233 g/mol. The van der Waals surface area contributed by atoms with E-state index in [0.29, 0.717) is 4.47 Å². The van der Waals surface area contributed by atoms with E-state index in [4.69, 9.17) is 5.26 Å². The van der Waals surface area contributed by atoms with Crippen molar-refractivity contribution in [3.05, 3.63) is 33.5 Å². The summed E-state index contributed by atoms with van der Waals surface area (Å²) in [5.41, 5.74) is 1.67. The van der Waals surface area contributed by atoms with E-state index in [-0.39, 0.29) is 11.7 Å². The van der Waals surface area contributed by atoms with Crippen molar-refractivity contribution in [3.8, 4) is 6.07 Å². The van der Waals surface area contributed by atoms with Gasteiger partial charge in [-0.2, -0.15) is 5.26 Å². The number of halogens is 2. The summed E-state index contributed by atoms with van der Waals surface area (Å²) >= 11 is 3.14. The van der Waals surface area contributed by atoms with Gasteiger partial charge < -0.3 is 0 Å². The average molecular weight is 242 g/mol. The minimum absolute atomic E-state index is 0.197. The molecule has 0 aliphatic heterocycles. The molecule has 1 aromatic carbocycles. The van der Waals surface area contributed by atoms with E-state index in [0.717, 1.165) is 11.1 Å². The Morgan fingerprint density at radius 2 is 2.15 bits per heavy atom. The van der Waals surface area contributed by atoms with Crippen LogP contribution in [0.3, 0.4) is 0 Å². The zero-order valence-electron chi connectivity index (χ0n) is 7.44. The van der Waals surface area contributed by atoms with Crippen molar-refractivity contribution in [1.29, 1.82) is 5.26 Å². The maximum atomic E-state index is 13.0. The number of rotatable bonds is 1. The molecule has 0 spiro atoms. The number of hydrogen-bond acceptors (Lipinski definition) is 1. The summed E-state index contributed by atoms with van der Waals surface area (Å²) < 4.78 is 13.4. The lowest BCUT2D eigenvalue weighted by molar-refractivity contribution is 0.618. The van der Waals surface area contributed by atoms with Gasteiger partial charge in [-0.05, 0) is 47.0 Å². The van der Waals surface area contributed by atoms with E-state index in [1.807, 2.05) is 0 Å². The summed E-state index contributed by atoms with van der Waals surface area (Å²) in [5.74, 6) is -0.483. The van der Waals surface area contributed by atoms with Gasteiger partial charge in [-0.3, -0.25) is 0 Å². The normalized spacial score (nSPS) is 12.2. The van der Waals surface area contributed by atoms with Crippen LogP contribution in [-0.4, -0.2) is 0 Å². The molecule has 0 aromatic heterocycles. The molecule has 0 amide bonds. The topological polar surface area (TPSA) is 23.8 Å². The van der Waals surface area contributed by atoms with Crippen molar-refractivity contribution in [1.82, 2.24) is 0 Å². The highest BCUT2D eigenvalue weighted by Gasteiger charge is 2.11. The third-order valence-electron chi connectivity index (χ3n) is 2.04. The van der Waals surface area contributed by atoms with Crippen molar-refractivity contribution in [2.45, 2.75) is 19.8 Å². The quantitative estimate of drug-likeness (QED) is 0.739. The van der Waals surface area contributed by atoms with Crippen molar-refractivity contribution < 1.29 is 4.39 Å². The largest absolute Gasteiger partial charge is 0.206 e. The van der Waals surface area contributed by atoms with E-state index < -0.39 is 0 Å². The highest BCUT2D eigenvalue weighted by atomic mass is 79.9. The van der Waals surface area contributed by atoms with Gasteiger partial charge in [0.05, 0.1) is 16.5 Å². The minimum atomic E-state index is -0.286. The molecule has 68 valence electrons. The Morgan fingerprint density at radius 1 is 1.54 bits per heavy atom. The number of hydrogen-bond donors (Lipinski definition) is 0. The fourth-order valence-corrected chi connectivity index (χ4v) is 1.57. The Hall–Kier alpha value is -0.880. The lowest BCUT2D eigenvalue weighted by Crippen LogP contribution is -1.96. The monoisotopic (exact) mass is 241 g/mol. The van der Waals surface area contributed by atoms with E-state index in [1.54, 1.807) is 19.9 Å². The molecule has 13 heavy (non-hydrogen) atoms. The van der Waals surface area contributed by atoms with Crippen LogP contribution in [0.4, 0.5) is 4.39 Å². The van der Waals surface area contributed by atoms with Crippen LogP contribution in [0.1, 0.15) is 24.0 Å². The van der Waals surface area contributed by atoms with Crippen molar-refractivity contribution >= 4 is 15.9 Å². The molecule has 1 rings (SSSR count). The molecule has 0 saturated carbocycles. The summed E-state index contributed by atoms with van der Waals surface area (Å²) in [6.07, 6.45) is 0. The van der Waals surface area contributed by atoms with Crippen molar-refractivity contribution in [3.63, 3.8) is 0 Å². The van der Waals surface area contributed by atoms with Gasteiger partial charge in [-0.25, -0.2) is 4.39 Å². The predicted octanol–water partition coefficient (Wildman–Crippen LogP) is 3.52. The summed E-state index contributed by atoms with van der Waals surface area (Å²) in [6, 6.07) is 5.16. The van der Waals surface area contributed by atoms with E-state index in [9.17, 15) is 4.39 Å². The standard InChI is InChI=1S/C10H9BrFN/c1-6(5-13)8-3-4-9(12)10(11)7(8)2/h3-4,6H,1-2H3. The molecule has 1 aromatic rings. The molecule has 0 radical (unpaired) electrons. The van der Waals surface area contributed by atoms with Gasteiger partial charge in [0.15, 0.2) is 0 Å². The minimum Gasteiger partial charge on any atom is -0.206 e. The Morgan fingerprint density at radius 3 is 2.69 bits per heavy atom. The molecule has 1 nitrogen and oxygen atoms in total. The summed E-state index contributed by atoms with van der Waals surface area (Å²) in [6.45, 7) is 3.60. The Kier molecular flexibility index (Phi) is 3.05. The third-order valence-corrected chi connectivity index (χ3v) is 3.01. The lowest BCUT2D eigenvalue weighted by Gasteiger charge is -2.09. The number of nitrogens with zero attached hydrogens (tertiary/aromatic N) is 1. The molecule has 1 atom stereocenters. The van der Waals surface area contributed by atoms with Crippen LogP contribution in [-0.2, 0) is 0 Å². The predicted molar refractivity (Wildman–Crippen MR) is 52.9 cm³/mol. The molecule has 0 aliphatic rings. The third kappa shape index (κ3) is 1.89. The van der Waals surface area contributed by atoms with E-state index in [2.05, 4.69) is 22.0 Å². The van der Waals surface area contributed by atoms with Gasteiger partial charge in [0.2, 0.25) is 0 Å². The second-order valence-corrected chi connectivity index (χ2v) is 3.72. The SMILES string of the molecule is Cc1c(C(C)C#N)ccc(F)c1Br. The Labute approximate surface area is 85.3 Å². The van der Waals surface area contributed by atoms with Gasteiger partial charge in [0, 0.05) is 0 Å². The first-order valence-electron chi connectivity index (χ1n) is 3.92. The molecular formula is C10H9BrFN.